The molecule has 2 aromatic heterocycles. The minimum atomic E-state index is -4.71. The first-order valence-electron chi connectivity index (χ1n) is 15.5. The SMILES string of the molecule is Cc1c(F)c(NS(=O)(=O)CCC(F)(F)F)c2ccccc2c1Oc1ncccc1-c1ccnc(N[C@H]2CCCN(C(=O)OC(C)(C)C)C2)n1. The number of pyridine rings is 1. The summed E-state index contributed by atoms with van der Waals surface area (Å²) in [5.41, 5.74) is -0.331. The smallest absolute Gasteiger partial charge is 0.410 e. The molecule has 1 aliphatic rings. The first kappa shape index (κ1) is 35.6. The first-order valence-corrected chi connectivity index (χ1v) is 17.1. The molecule has 0 bridgehead atoms. The molecule has 11 nitrogen and oxygen atoms in total. The average Bonchev–Trinajstić information content (AvgIpc) is 3.03. The number of sulfonamides is 1. The maximum atomic E-state index is 15.8. The second-order valence-corrected chi connectivity index (χ2v) is 14.5. The molecule has 1 aliphatic heterocycles. The van der Waals surface area contributed by atoms with Gasteiger partial charge in [0, 0.05) is 47.9 Å². The third kappa shape index (κ3) is 9.04. The molecule has 0 aliphatic carbocycles. The number of rotatable bonds is 9. The molecule has 5 rings (SSSR count). The summed E-state index contributed by atoms with van der Waals surface area (Å²) < 4.78 is 92.8. The number of fused-ring (bicyclic) bond motifs is 1. The molecule has 1 amide bonds. The average molecular weight is 705 g/mol. The molecule has 262 valence electrons. The maximum Gasteiger partial charge on any atom is 0.410 e. The first-order chi connectivity index (χ1) is 23.0. The largest absolute Gasteiger partial charge is 0.444 e. The topological polar surface area (TPSA) is 136 Å². The van der Waals surface area contributed by atoms with E-state index in [0.29, 0.717) is 35.7 Å². The van der Waals surface area contributed by atoms with Gasteiger partial charge in [0.15, 0.2) is 5.82 Å². The van der Waals surface area contributed by atoms with E-state index in [1.807, 2.05) is 25.5 Å². The van der Waals surface area contributed by atoms with E-state index in [2.05, 4.69) is 20.3 Å². The Labute approximate surface area is 281 Å². The molecule has 2 aromatic carbocycles. The van der Waals surface area contributed by atoms with Crippen LogP contribution in [-0.2, 0) is 14.8 Å². The van der Waals surface area contributed by atoms with Crippen LogP contribution in [0, 0.1) is 12.7 Å². The van der Waals surface area contributed by atoms with Crippen molar-refractivity contribution >= 4 is 38.5 Å². The van der Waals surface area contributed by atoms with Gasteiger partial charge in [0.1, 0.15) is 11.4 Å². The molecule has 0 radical (unpaired) electrons. The van der Waals surface area contributed by atoms with Crippen molar-refractivity contribution in [3.8, 4) is 22.9 Å². The predicted octanol–water partition coefficient (Wildman–Crippen LogP) is 7.44. The number of amides is 1. The van der Waals surface area contributed by atoms with Gasteiger partial charge < -0.3 is 19.7 Å². The summed E-state index contributed by atoms with van der Waals surface area (Å²) in [5, 5.41) is 3.66. The standard InChI is InChI=1S/C33H36F4N6O5S/c1-20-26(34)27(42-49(45,46)18-14-33(35,36)37)22-10-5-6-11-23(22)28(20)47-29-24(12-7-15-38-29)25-13-16-39-30(41-25)40-21-9-8-17-43(19-21)31(44)48-32(2,3)4/h5-7,10-13,15-16,21,42H,8-9,14,17-19H2,1-4H3,(H,39,40,41)/t21-/m0/s1. The number of carbonyl (C=O) groups is 1. The molecule has 49 heavy (non-hydrogen) atoms. The Kier molecular flexibility index (Phi) is 10.2. The third-order valence-electron chi connectivity index (χ3n) is 7.55. The van der Waals surface area contributed by atoms with Crippen molar-refractivity contribution in [2.45, 2.75) is 64.8 Å². The number of carbonyl (C=O) groups excluding carboxylic acids is 1. The molecule has 4 aromatic rings. The van der Waals surface area contributed by atoms with Crippen molar-refractivity contribution in [2.75, 3.05) is 28.9 Å². The Morgan fingerprint density at radius 1 is 1.04 bits per heavy atom. The van der Waals surface area contributed by atoms with Gasteiger partial charge in [-0.05, 0) is 58.7 Å². The summed E-state index contributed by atoms with van der Waals surface area (Å²) >= 11 is 0. The summed E-state index contributed by atoms with van der Waals surface area (Å²) in [7, 11) is -4.55. The molecule has 0 spiro atoms. The Morgan fingerprint density at radius 2 is 1.78 bits per heavy atom. The Bertz CT molecular complexity index is 1950. The zero-order chi connectivity index (χ0) is 35.6. The molecule has 0 saturated carbocycles. The normalized spacial score (nSPS) is 15.6. The fourth-order valence-corrected chi connectivity index (χ4v) is 6.42. The fourth-order valence-electron chi connectivity index (χ4n) is 5.31. The number of likely N-dealkylation sites (tertiary alicyclic amines) is 1. The van der Waals surface area contributed by atoms with Gasteiger partial charge in [-0.2, -0.15) is 13.2 Å². The van der Waals surface area contributed by atoms with E-state index >= 15 is 4.39 Å². The maximum absolute atomic E-state index is 15.8. The van der Waals surface area contributed by atoms with Gasteiger partial charge in [-0.25, -0.2) is 32.6 Å². The number of nitrogens with one attached hydrogen (secondary N) is 2. The van der Waals surface area contributed by atoms with E-state index in [1.165, 1.54) is 25.3 Å². The zero-order valence-corrected chi connectivity index (χ0v) is 28.1. The van der Waals surface area contributed by atoms with Gasteiger partial charge in [-0.15, -0.1) is 0 Å². The number of piperidine rings is 1. The van der Waals surface area contributed by atoms with E-state index in [0.717, 1.165) is 12.8 Å². The van der Waals surface area contributed by atoms with Crippen LogP contribution in [0.15, 0.2) is 54.9 Å². The highest BCUT2D eigenvalue weighted by Gasteiger charge is 2.31. The second-order valence-electron chi connectivity index (χ2n) is 12.6. The summed E-state index contributed by atoms with van der Waals surface area (Å²) in [4.78, 5) is 27.6. The van der Waals surface area contributed by atoms with E-state index in [1.54, 1.807) is 41.4 Å². The lowest BCUT2D eigenvalue weighted by Gasteiger charge is -2.34. The lowest BCUT2D eigenvalue weighted by molar-refractivity contribution is -0.129. The quantitative estimate of drug-likeness (QED) is 0.171. The summed E-state index contributed by atoms with van der Waals surface area (Å²) in [6.45, 7) is 7.77. The molecule has 3 heterocycles. The second kappa shape index (κ2) is 14.0. The Hall–Kier alpha value is -4.73. The van der Waals surface area contributed by atoms with Crippen molar-refractivity contribution in [1.29, 1.82) is 0 Å². The summed E-state index contributed by atoms with van der Waals surface area (Å²) in [6.07, 6.45) is -2.12. The summed E-state index contributed by atoms with van der Waals surface area (Å²) in [6, 6.07) is 11.1. The number of anilines is 2. The zero-order valence-electron chi connectivity index (χ0n) is 27.3. The number of hydrogen-bond acceptors (Lipinski definition) is 9. The van der Waals surface area contributed by atoms with Gasteiger partial charge in [0.2, 0.25) is 21.9 Å². The predicted molar refractivity (Wildman–Crippen MR) is 177 cm³/mol. The molecule has 2 N–H and O–H groups in total. The monoisotopic (exact) mass is 704 g/mol. The molecule has 1 saturated heterocycles. The minimum Gasteiger partial charge on any atom is -0.444 e. The van der Waals surface area contributed by atoms with Gasteiger partial charge in [-0.3, -0.25) is 4.72 Å². The van der Waals surface area contributed by atoms with Crippen molar-refractivity contribution in [2.24, 2.45) is 0 Å². The van der Waals surface area contributed by atoms with Crippen molar-refractivity contribution in [3.63, 3.8) is 0 Å². The molecule has 16 heteroatoms. The Morgan fingerprint density at radius 3 is 2.49 bits per heavy atom. The Balaban J connectivity index is 1.41. The van der Waals surface area contributed by atoms with Crippen LogP contribution in [0.4, 0.5) is 34.0 Å². The fraction of sp³-hybridized carbons (Fsp3) is 0.394. The van der Waals surface area contributed by atoms with Crippen molar-refractivity contribution in [3.05, 3.63) is 66.2 Å². The van der Waals surface area contributed by atoms with Crippen LogP contribution in [-0.4, -0.2) is 71.0 Å². The van der Waals surface area contributed by atoms with Crippen LogP contribution in [0.1, 0.15) is 45.6 Å². The number of alkyl halides is 3. The van der Waals surface area contributed by atoms with Gasteiger partial charge in [0.05, 0.1) is 29.1 Å². The molecule has 1 fully saturated rings. The van der Waals surface area contributed by atoms with Crippen LogP contribution in [0.3, 0.4) is 0 Å². The number of aromatic nitrogens is 3. The van der Waals surface area contributed by atoms with Crippen LogP contribution in [0.5, 0.6) is 11.6 Å². The number of nitrogens with zero attached hydrogens (tertiary/aromatic N) is 4. The van der Waals surface area contributed by atoms with Crippen molar-refractivity contribution < 1.29 is 40.2 Å². The number of hydrogen-bond donors (Lipinski definition) is 2. The highest BCUT2D eigenvalue weighted by molar-refractivity contribution is 7.92. The molecular formula is C33H36F4N6O5S. The lowest BCUT2D eigenvalue weighted by Crippen LogP contribution is -2.47. The van der Waals surface area contributed by atoms with Gasteiger partial charge in [-0.1, -0.05) is 24.3 Å². The number of benzene rings is 2. The van der Waals surface area contributed by atoms with Crippen molar-refractivity contribution in [1.82, 2.24) is 19.9 Å². The number of ether oxygens (including phenoxy) is 2. The van der Waals surface area contributed by atoms with Crippen LogP contribution in [0.2, 0.25) is 0 Å². The number of halogens is 4. The van der Waals surface area contributed by atoms with E-state index in [9.17, 15) is 26.4 Å². The highest BCUT2D eigenvalue weighted by atomic mass is 32.2. The van der Waals surface area contributed by atoms with E-state index in [4.69, 9.17) is 9.47 Å². The van der Waals surface area contributed by atoms with Crippen LogP contribution >= 0.6 is 0 Å². The van der Waals surface area contributed by atoms with E-state index in [-0.39, 0.29) is 28.6 Å². The van der Waals surface area contributed by atoms with Gasteiger partial charge in [0.25, 0.3) is 0 Å². The third-order valence-corrected chi connectivity index (χ3v) is 8.81. The minimum absolute atomic E-state index is 0.0307. The van der Waals surface area contributed by atoms with E-state index < -0.39 is 51.6 Å². The van der Waals surface area contributed by atoms with Crippen LogP contribution < -0.4 is 14.8 Å². The molecule has 1 atom stereocenters. The molecular weight excluding hydrogens is 668 g/mol. The lowest BCUT2D eigenvalue weighted by atomic mass is 10.0. The highest BCUT2D eigenvalue weighted by Crippen LogP contribution is 2.42. The molecule has 0 unspecified atom stereocenters. The summed E-state index contributed by atoms with van der Waals surface area (Å²) in [5.74, 6) is -1.88. The van der Waals surface area contributed by atoms with Gasteiger partial charge >= 0.3 is 12.3 Å². The van der Waals surface area contributed by atoms with Crippen LogP contribution in [0.25, 0.3) is 22.0 Å².